The topological polar surface area (TPSA) is 251 Å². The Bertz CT molecular complexity index is 2820. The van der Waals surface area contributed by atoms with Crippen molar-refractivity contribution < 1.29 is 36.2 Å². The minimum Gasteiger partial charge on any atom is -0.505 e. The van der Waals surface area contributed by atoms with E-state index in [2.05, 4.69) is 27.4 Å². The molecule has 0 amide bonds. The summed E-state index contributed by atoms with van der Waals surface area (Å²) in [6.07, 6.45) is 3.03. The molecule has 0 aliphatic heterocycles. The third-order valence-electron chi connectivity index (χ3n) is 8.55. The molecule has 0 aromatic heterocycles. The first-order chi connectivity index (χ1) is 25.8. The first-order valence-electron chi connectivity index (χ1n) is 16.5. The first-order valence-corrected chi connectivity index (χ1v) is 19.4. The van der Waals surface area contributed by atoms with Crippen molar-refractivity contribution >= 4 is 82.0 Å². The number of anilines is 2. The maximum Gasteiger partial charge on any atom is 0.296 e. The Kier molecular flexibility index (Phi) is 11.4. The number of azo groups is 2. The van der Waals surface area contributed by atoms with Crippen LogP contribution in [0.2, 0.25) is 0 Å². The number of nitrogens with two attached hydrogens (primary N) is 2. The van der Waals surface area contributed by atoms with Crippen LogP contribution in [-0.4, -0.2) is 36.2 Å². The summed E-state index contributed by atoms with van der Waals surface area (Å²) < 4.78 is 66.3. The molecular weight excluding hydrogens is 745 g/mol. The standard InChI is InChI=1S/C20H19N3O7S2.C19H19N3O/c1-3-4-12-5-6-14(10-16(12)31(25,26)27)22-23-19-17(32(28,29)30)9-13-7-11(2)8-15(21)18(13)20(19)24;1-11-4-7-16(9-12(11)2)21-22-18-13(3)8-14-5-6-15(20)10-17(14)19(18)23/h3-10,24H,21H2,1-2H3,(H,25,26,27)(H,28,29,30);4-10,23H,20H2,1-3H3/b4-3+,23-22?;. The lowest BCUT2D eigenvalue weighted by atomic mass is 10.0. The molecule has 0 saturated heterocycles. The molecule has 8 N–H and O–H groups in total. The Morgan fingerprint density at radius 1 is 0.600 bits per heavy atom. The van der Waals surface area contributed by atoms with Gasteiger partial charge in [-0.25, -0.2) is 0 Å². The number of benzene rings is 6. The van der Waals surface area contributed by atoms with Gasteiger partial charge < -0.3 is 21.7 Å². The summed E-state index contributed by atoms with van der Waals surface area (Å²) in [7, 11) is -9.42. The van der Waals surface area contributed by atoms with E-state index in [9.17, 15) is 36.2 Å². The lowest BCUT2D eigenvalue weighted by molar-refractivity contribution is 0.472. The number of nitrogen functional groups attached to an aromatic ring is 2. The van der Waals surface area contributed by atoms with Gasteiger partial charge in [0.05, 0.1) is 11.4 Å². The number of rotatable bonds is 7. The smallest absolute Gasteiger partial charge is 0.296 e. The molecule has 16 heteroatoms. The van der Waals surface area contributed by atoms with Crippen LogP contribution in [0.3, 0.4) is 0 Å². The summed E-state index contributed by atoms with van der Waals surface area (Å²) in [5.41, 5.74) is 17.3. The molecule has 6 aromatic rings. The number of allylic oxidation sites excluding steroid dienone is 1. The third kappa shape index (κ3) is 8.96. The van der Waals surface area contributed by atoms with Gasteiger partial charge in [0.1, 0.15) is 21.2 Å². The molecule has 14 nitrogen and oxygen atoms in total. The van der Waals surface area contributed by atoms with Crippen LogP contribution in [-0.2, 0) is 20.2 Å². The lowest BCUT2D eigenvalue weighted by Crippen LogP contribution is -2.00. The molecule has 0 bridgehead atoms. The summed E-state index contributed by atoms with van der Waals surface area (Å²) in [4.78, 5) is -1.15. The molecule has 0 heterocycles. The highest BCUT2D eigenvalue weighted by atomic mass is 32.2. The van der Waals surface area contributed by atoms with Crippen LogP contribution in [0.1, 0.15) is 34.7 Å². The second kappa shape index (κ2) is 15.6. The van der Waals surface area contributed by atoms with Gasteiger partial charge in [0.2, 0.25) is 0 Å². The average Bonchev–Trinajstić information content (AvgIpc) is 3.09. The van der Waals surface area contributed by atoms with Gasteiger partial charge in [-0.05, 0) is 128 Å². The zero-order chi connectivity index (χ0) is 40.4. The summed E-state index contributed by atoms with van der Waals surface area (Å²) in [6.45, 7) is 9.38. The SMILES string of the molecule is C/C=C/c1ccc(N=Nc2c(S(=O)(=O)O)cc3cc(C)cc(N)c3c2O)cc1S(=O)(=O)O.Cc1ccc(N=Nc2c(C)cc3ccc(N)cc3c2O)cc1C. The predicted molar refractivity (Wildman–Crippen MR) is 215 cm³/mol. The van der Waals surface area contributed by atoms with Crippen LogP contribution in [0.25, 0.3) is 27.6 Å². The van der Waals surface area contributed by atoms with Crippen LogP contribution in [0.4, 0.5) is 34.1 Å². The Balaban J connectivity index is 0.000000222. The molecule has 0 atom stereocenters. The number of phenols is 2. The highest BCUT2D eigenvalue weighted by Crippen LogP contribution is 2.44. The number of phenolic OH excluding ortho intramolecular Hbond substituents is 2. The van der Waals surface area contributed by atoms with E-state index in [1.54, 1.807) is 38.1 Å². The van der Waals surface area contributed by atoms with Crippen molar-refractivity contribution in [2.45, 2.75) is 44.4 Å². The molecule has 0 radical (unpaired) electrons. The van der Waals surface area contributed by atoms with Crippen LogP contribution >= 0.6 is 0 Å². The van der Waals surface area contributed by atoms with E-state index in [1.807, 2.05) is 50.2 Å². The van der Waals surface area contributed by atoms with Gasteiger partial charge in [0, 0.05) is 22.1 Å². The second-order valence-electron chi connectivity index (χ2n) is 12.7. The first kappa shape index (κ1) is 40.0. The predicted octanol–water partition coefficient (Wildman–Crippen LogP) is 9.85. The van der Waals surface area contributed by atoms with Crippen LogP contribution in [0.5, 0.6) is 11.5 Å². The molecular formula is C39H38N6O8S2. The summed E-state index contributed by atoms with van der Waals surface area (Å²) >= 11 is 0. The largest absolute Gasteiger partial charge is 0.505 e. The normalized spacial score (nSPS) is 12.3. The number of hydrogen-bond donors (Lipinski definition) is 6. The number of nitrogens with zero attached hydrogens (tertiary/aromatic N) is 4. The van der Waals surface area contributed by atoms with Crippen molar-refractivity contribution in [3.05, 3.63) is 113 Å². The Hall–Kier alpha value is -6.20. The lowest BCUT2D eigenvalue weighted by Gasteiger charge is -2.11. The van der Waals surface area contributed by atoms with E-state index < -0.39 is 41.5 Å². The van der Waals surface area contributed by atoms with Gasteiger partial charge >= 0.3 is 0 Å². The molecule has 0 unspecified atom stereocenters. The van der Waals surface area contributed by atoms with E-state index in [4.69, 9.17) is 11.5 Å². The van der Waals surface area contributed by atoms with Crippen LogP contribution < -0.4 is 11.5 Å². The summed E-state index contributed by atoms with van der Waals surface area (Å²) in [5, 5.41) is 39.2. The maximum atomic E-state index is 11.9. The van der Waals surface area contributed by atoms with Crippen LogP contribution in [0, 0.1) is 27.7 Å². The molecule has 6 rings (SSSR count). The van der Waals surface area contributed by atoms with Crippen molar-refractivity contribution in [3.63, 3.8) is 0 Å². The minimum absolute atomic E-state index is 0.0662. The van der Waals surface area contributed by atoms with Gasteiger partial charge in [-0.2, -0.15) is 27.1 Å². The highest BCUT2D eigenvalue weighted by molar-refractivity contribution is 7.86. The number of aromatic hydroxyl groups is 2. The molecule has 0 aliphatic carbocycles. The van der Waals surface area contributed by atoms with E-state index in [-0.39, 0.29) is 33.5 Å². The van der Waals surface area contributed by atoms with Crippen molar-refractivity contribution in [2.75, 3.05) is 11.5 Å². The van der Waals surface area contributed by atoms with Crippen molar-refractivity contribution in [1.29, 1.82) is 0 Å². The maximum absolute atomic E-state index is 11.9. The summed E-state index contributed by atoms with van der Waals surface area (Å²) in [6, 6.07) is 21.3. The fraction of sp³-hybridized carbons (Fsp3) is 0.128. The van der Waals surface area contributed by atoms with Crippen LogP contribution in [0.15, 0.2) is 115 Å². The van der Waals surface area contributed by atoms with E-state index in [0.717, 1.165) is 34.3 Å². The third-order valence-corrected chi connectivity index (χ3v) is 10.3. The van der Waals surface area contributed by atoms with Gasteiger partial charge in [-0.1, -0.05) is 36.4 Å². The molecule has 0 aliphatic rings. The van der Waals surface area contributed by atoms with Gasteiger partial charge in [0.15, 0.2) is 11.5 Å². The van der Waals surface area contributed by atoms with E-state index in [0.29, 0.717) is 22.3 Å². The molecule has 0 spiro atoms. The molecule has 284 valence electrons. The number of aryl methyl sites for hydroxylation is 4. The van der Waals surface area contributed by atoms with Gasteiger partial charge in [-0.3, -0.25) is 9.11 Å². The van der Waals surface area contributed by atoms with E-state index in [1.165, 1.54) is 23.8 Å². The second-order valence-corrected chi connectivity index (χ2v) is 15.5. The summed E-state index contributed by atoms with van der Waals surface area (Å²) in [5.74, 6) is -0.517. The number of hydrogen-bond acceptors (Lipinski definition) is 12. The average molecular weight is 783 g/mol. The van der Waals surface area contributed by atoms with Crippen molar-refractivity contribution in [3.8, 4) is 11.5 Å². The molecule has 0 fully saturated rings. The quantitative estimate of drug-likeness (QED) is 0.0507. The molecule has 0 saturated carbocycles. The minimum atomic E-state index is -4.82. The molecule has 6 aromatic carbocycles. The zero-order valence-electron chi connectivity index (χ0n) is 30.3. The monoisotopic (exact) mass is 782 g/mol. The fourth-order valence-corrected chi connectivity index (χ4v) is 7.11. The van der Waals surface area contributed by atoms with Gasteiger partial charge in [-0.15, -0.1) is 10.2 Å². The van der Waals surface area contributed by atoms with Gasteiger partial charge in [0.25, 0.3) is 20.2 Å². The highest BCUT2D eigenvalue weighted by Gasteiger charge is 2.23. The Morgan fingerprint density at radius 3 is 1.87 bits per heavy atom. The van der Waals surface area contributed by atoms with Crippen molar-refractivity contribution in [2.24, 2.45) is 20.5 Å². The zero-order valence-corrected chi connectivity index (χ0v) is 32.0. The fourth-order valence-electron chi connectivity index (χ4n) is 5.74. The van der Waals surface area contributed by atoms with E-state index >= 15 is 0 Å². The Labute approximate surface area is 317 Å². The van der Waals surface area contributed by atoms with Crippen molar-refractivity contribution in [1.82, 2.24) is 0 Å². The Morgan fingerprint density at radius 2 is 1.24 bits per heavy atom. The number of fused-ring (bicyclic) bond motifs is 2. The molecule has 55 heavy (non-hydrogen) atoms.